The number of hydrogen-bond acceptors (Lipinski definition) is 2. The lowest BCUT2D eigenvalue weighted by Crippen LogP contribution is -2.14. The topological polar surface area (TPSA) is 21.3 Å². The van der Waals surface area contributed by atoms with Gasteiger partial charge in [0.15, 0.2) is 11.6 Å². The summed E-state index contributed by atoms with van der Waals surface area (Å²) in [7, 11) is 0. The predicted molar refractivity (Wildman–Crippen MR) is 79.9 cm³/mol. The van der Waals surface area contributed by atoms with Crippen molar-refractivity contribution in [2.45, 2.75) is 19.9 Å². The van der Waals surface area contributed by atoms with E-state index < -0.39 is 11.6 Å². The van der Waals surface area contributed by atoms with Crippen LogP contribution in [0.5, 0.6) is 11.5 Å². The first-order valence-corrected chi connectivity index (χ1v) is 7.10. The Morgan fingerprint density at radius 3 is 2.62 bits per heavy atom. The van der Waals surface area contributed by atoms with Gasteiger partial charge in [-0.25, -0.2) is 8.78 Å². The molecule has 0 aliphatic heterocycles. The van der Waals surface area contributed by atoms with Crippen molar-refractivity contribution in [2.24, 2.45) is 0 Å². The van der Waals surface area contributed by atoms with E-state index in [0.717, 1.165) is 30.7 Å². The minimum absolute atomic E-state index is 0.230. The highest BCUT2D eigenvalue weighted by atomic mass is 35.5. The van der Waals surface area contributed by atoms with Gasteiger partial charge in [0.25, 0.3) is 0 Å². The van der Waals surface area contributed by atoms with Crippen LogP contribution in [0.2, 0.25) is 5.02 Å². The van der Waals surface area contributed by atoms with Crippen LogP contribution in [-0.2, 0) is 6.54 Å². The van der Waals surface area contributed by atoms with Crippen LogP contribution in [0.1, 0.15) is 18.9 Å². The SMILES string of the molecule is CCCNCc1ccc(Cl)cc1Oc1ccc(F)c(F)c1. The second kappa shape index (κ2) is 7.38. The Morgan fingerprint density at radius 2 is 1.90 bits per heavy atom. The van der Waals surface area contributed by atoms with E-state index in [0.29, 0.717) is 17.3 Å². The molecule has 2 nitrogen and oxygen atoms in total. The van der Waals surface area contributed by atoms with E-state index in [1.165, 1.54) is 6.07 Å². The molecule has 0 saturated heterocycles. The van der Waals surface area contributed by atoms with Gasteiger partial charge in [-0.1, -0.05) is 24.6 Å². The maximum absolute atomic E-state index is 13.2. The lowest BCUT2D eigenvalue weighted by atomic mass is 10.2. The molecular formula is C16H16ClF2NO. The van der Waals surface area contributed by atoms with Gasteiger partial charge in [-0.3, -0.25) is 0 Å². The summed E-state index contributed by atoms with van der Waals surface area (Å²) in [6.45, 7) is 3.57. The van der Waals surface area contributed by atoms with Crippen molar-refractivity contribution >= 4 is 11.6 Å². The second-order valence-electron chi connectivity index (χ2n) is 4.61. The fraction of sp³-hybridized carbons (Fsp3) is 0.250. The highest BCUT2D eigenvalue weighted by Gasteiger charge is 2.08. The summed E-state index contributed by atoms with van der Waals surface area (Å²) in [6.07, 6.45) is 1.02. The summed E-state index contributed by atoms with van der Waals surface area (Å²) in [5, 5.41) is 3.78. The third-order valence-corrected chi connectivity index (χ3v) is 3.13. The molecule has 2 rings (SSSR count). The van der Waals surface area contributed by atoms with Crippen LogP contribution >= 0.6 is 11.6 Å². The van der Waals surface area contributed by atoms with E-state index in [-0.39, 0.29) is 5.75 Å². The molecule has 0 radical (unpaired) electrons. The molecule has 1 N–H and O–H groups in total. The average Bonchev–Trinajstić information content (AvgIpc) is 2.45. The smallest absolute Gasteiger partial charge is 0.162 e. The van der Waals surface area contributed by atoms with Gasteiger partial charge in [-0.2, -0.15) is 0 Å². The van der Waals surface area contributed by atoms with Gasteiger partial charge >= 0.3 is 0 Å². The van der Waals surface area contributed by atoms with Crippen molar-refractivity contribution in [3.05, 3.63) is 58.6 Å². The lowest BCUT2D eigenvalue weighted by molar-refractivity contribution is 0.455. The molecule has 0 bridgehead atoms. The summed E-state index contributed by atoms with van der Waals surface area (Å²) in [4.78, 5) is 0. The Hall–Kier alpha value is -1.65. The van der Waals surface area contributed by atoms with Gasteiger partial charge in [-0.15, -0.1) is 0 Å². The molecule has 0 aromatic heterocycles. The van der Waals surface area contributed by atoms with E-state index >= 15 is 0 Å². The number of ether oxygens (including phenoxy) is 1. The summed E-state index contributed by atoms with van der Waals surface area (Å²) in [6, 6.07) is 8.70. The molecule has 0 atom stereocenters. The largest absolute Gasteiger partial charge is 0.457 e. The van der Waals surface area contributed by atoms with Crippen molar-refractivity contribution < 1.29 is 13.5 Å². The normalized spacial score (nSPS) is 10.7. The highest BCUT2D eigenvalue weighted by Crippen LogP contribution is 2.29. The molecule has 0 fully saturated rings. The van der Waals surface area contributed by atoms with Crippen LogP contribution in [0.15, 0.2) is 36.4 Å². The first-order valence-electron chi connectivity index (χ1n) is 6.72. The number of benzene rings is 2. The molecule has 0 aliphatic rings. The summed E-state index contributed by atoms with van der Waals surface area (Å²) in [5.74, 6) is -1.09. The molecule has 0 unspecified atom stereocenters. The van der Waals surface area contributed by atoms with Gasteiger partial charge < -0.3 is 10.1 Å². The van der Waals surface area contributed by atoms with E-state index in [4.69, 9.17) is 16.3 Å². The van der Waals surface area contributed by atoms with Crippen LogP contribution in [0.25, 0.3) is 0 Å². The van der Waals surface area contributed by atoms with Gasteiger partial charge in [-0.05, 0) is 37.2 Å². The predicted octanol–water partition coefficient (Wildman–Crippen LogP) is 4.91. The summed E-state index contributed by atoms with van der Waals surface area (Å²) >= 11 is 5.97. The first kappa shape index (κ1) is 15.7. The maximum Gasteiger partial charge on any atom is 0.162 e. The van der Waals surface area contributed by atoms with E-state index in [1.807, 2.05) is 6.07 Å². The molecule has 112 valence electrons. The van der Waals surface area contributed by atoms with E-state index in [1.54, 1.807) is 12.1 Å². The molecular weight excluding hydrogens is 296 g/mol. The fourth-order valence-electron chi connectivity index (χ4n) is 1.84. The van der Waals surface area contributed by atoms with E-state index in [9.17, 15) is 8.78 Å². The molecule has 0 spiro atoms. The van der Waals surface area contributed by atoms with Gasteiger partial charge in [0.2, 0.25) is 0 Å². The van der Waals surface area contributed by atoms with Crippen molar-refractivity contribution in [2.75, 3.05) is 6.54 Å². The molecule has 0 aliphatic carbocycles. The number of halogens is 3. The van der Waals surface area contributed by atoms with Gasteiger partial charge in [0.1, 0.15) is 11.5 Å². The van der Waals surface area contributed by atoms with Crippen LogP contribution in [0.4, 0.5) is 8.78 Å². The lowest BCUT2D eigenvalue weighted by Gasteiger charge is -2.12. The zero-order valence-electron chi connectivity index (χ0n) is 11.6. The minimum atomic E-state index is -0.944. The van der Waals surface area contributed by atoms with Gasteiger partial charge in [0.05, 0.1) is 0 Å². The van der Waals surface area contributed by atoms with Gasteiger partial charge in [0, 0.05) is 23.2 Å². The average molecular weight is 312 g/mol. The van der Waals surface area contributed by atoms with Crippen LogP contribution in [0.3, 0.4) is 0 Å². The Labute approximate surface area is 127 Å². The maximum atomic E-state index is 13.2. The molecule has 0 heterocycles. The third-order valence-electron chi connectivity index (χ3n) is 2.89. The third kappa shape index (κ3) is 4.41. The fourth-order valence-corrected chi connectivity index (χ4v) is 2.00. The molecule has 21 heavy (non-hydrogen) atoms. The zero-order chi connectivity index (χ0) is 15.2. The molecule has 2 aromatic carbocycles. The Balaban J connectivity index is 2.20. The molecule has 5 heteroatoms. The Kier molecular flexibility index (Phi) is 5.53. The molecule has 0 amide bonds. The molecule has 0 saturated carbocycles. The number of nitrogens with one attached hydrogen (secondary N) is 1. The van der Waals surface area contributed by atoms with Crippen LogP contribution < -0.4 is 10.1 Å². The second-order valence-corrected chi connectivity index (χ2v) is 5.04. The first-order chi connectivity index (χ1) is 10.1. The van der Waals surface area contributed by atoms with Crippen LogP contribution in [-0.4, -0.2) is 6.54 Å². The van der Waals surface area contributed by atoms with Crippen molar-refractivity contribution in [3.63, 3.8) is 0 Å². The highest BCUT2D eigenvalue weighted by molar-refractivity contribution is 6.30. The standard InChI is InChI=1S/C16H16ClF2NO/c1-2-7-20-10-11-3-4-12(17)8-16(11)21-13-5-6-14(18)15(19)9-13/h3-6,8-9,20H,2,7,10H2,1H3. The Bertz CT molecular complexity index is 619. The summed E-state index contributed by atoms with van der Waals surface area (Å²) in [5.41, 5.74) is 0.901. The summed E-state index contributed by atoms with van der Waals surface area (Å²) < 4.78 is 31.8. The van der Waals surface area contributed by atoms with Crippen molar-refractivity contribution in [1.82, 2.24) is 5.32 Å². The van der Waals surface area contributed by atoms with Crippen molar-refractivity contribution in [3.8, 4) is 11.5 Å². The number of hydrogen-bond donors (Lipinski definition) is 1. The minimum Gasteiger partial charge on any atom is -0.457 e. The molecule has 2 aromatic rings. The number of rotatable bonds is 6. The zero-order valence-corrected chi connectivity index (χ0v) is 12.4. The van der Waals surface area contributed by atoms with Crippen molar-refractivity contribution in [1.29, 1.82) is 0 Å². The Morgan fingerprint density at radius 1 is 1.10 bits per heavy atom. The van der Waals surface area contributed by atoms with Crippen LogP contribution in [0, 0.1) is 11.6 Å². The quantitative estimate of drug-likeness (QED) is 0.765. The monoisotopic (exact) mass is 311 g/mol. The van der Waals surface area contributed by atoms with E-state index in [2.05, 4.69) is 12.2 Å².